The molecule has 2 fully saturated rings. The number of hydrogen-bond donors (Lipinski definition) is 1. The molecule has 45 heavy (non-hydrogen) atoms. The van der Waals surface area contributed by atoms with Crippen molar-refractivity contribution in [1.82, 2.24) is 20.0 Å². The van der Waals surface area contributed by atoms with Crippen LogP contribution in [-0.4, -0.2) is 91.3 Å². The van der Waals surface area contributed by atoms with E-state index in [1.807, 2.05) is 24.3 Å². The molecular formula is C37H54Cl2N6. The van der Waals surface area contributed by atoms with Gasteiger partial charge in [-0.3, -0.25) is 19.8 Å². The van der Waals surface area contributed by atoms with E-state index in [9.17, 15) is 0 Å². The second-order valence-electron chi connectivity index (χ2n) is 13.1. The van der Waals surface area contributed by atoms with E-state index in [-0.39, 0.29) is 6.04 Å². The first-order valence-corrected chi connectivity index (χ1v) is 18.4. The third-order valence-corrected chi connectivity index (χ3v) is 10.3. The van der Waals surface area contributed by atoms with Crippen molar-refractivity contribution in [3.63, 3.8) is 0 Å². The first-order valence-electron chi connectivity index (χ1n) is 17.6. The van der Waals surface area contributed by atoms with Crippen molar-refractivity contribution in [2.45, 2.75) is 83.7 Å². The minimum absolute atomic E-state index is 0.174. The smallest absolute Gasteiger partial charge is 0.116 e. The number of benzene rings is 2. The summed E-state index contributed by atoms with van der Waals surface area (Å²) in [6.45, 7) is 13.9. The number of hydrogen-bond acceptors (Lipinski definition) is 5. The molecule has 1 N–H and O–H groups in total. The van der Waals surface area contributed by atoms with Crippen LogP contribution in [0.4, 0.5) is 0 Å². The zero-order valence-corrected chi connectivity index (χ0v) is 29.1. The van der Waals surface area contributed by atoms with Gasteiger partial charge in [-0.1, -0.05) is 87.0 Å². The topological polar surface area (TPSA) is 46.5 Å². The number of amidine groups is 2. The Morgan fingerprint density at radius 1 is 0.822 bits per heavy atom. The van der Waals surface area contributed by atoms with E-state index >= 15 is 0 Å². The number of unbranched alkanes of at least 4 members (excludes halogenated alkanes) is 2. The molecular weight excluding hydrogens is 599 g/mol. The number of aliphatic imine (C=N–C) groups is 2. The van der Waals surface area contributed by atoms with Crippen LogP contribution in [0.5, 0.6) is 0 Å². The van der Waals surface area contributed by atoms with Crippen molar-refractivity contribution >= 4 is 34.9 Å². The van der Waals surface area contributed by atoms with Gasteiger partial charge in [0.25, 0.3) is 0 Å². The van der Waals surface area contributed by atoms with E-state index in [4.69, 9.17) is 33.2 Å². The maximum absolute atomic E-state index is 6.25. The lowest BCUT2D eigenvalue weighted by Gasteiger charge is -2.41. The van der Waals surface area contributed by atoms with E-state index in [0.717, 1.165) is 68.1 Å². The van der Waals surface area contributed by atoms with Gasteiger partial charge in [0, 0.05) is 48.7 Å². The Balaban J connectivity index is 1.19. The van der Waals surface area contributed by atoms with Gasteiger partial charge in [-0.25, -0.2) is 0 Å². The highest BCUT2D eigenvalue weighted by atomic mass is 35.5. The predicted molar refractivity (Wildman–Crippen MR) is 192 cm³/mol. The van der Waals surface area contributed by atoms with Gasteiger partial charge in [0.05, 0.1) is 18.6 Å². The largest absolute Gasteiger partial charge is 0.331 e. The van der Waals surface area contributed by atoms with Crippen molar-refractivity contribution in [2.24, 2.45) is 15.9 Å². The normalized spacial score (nSPS) is 22.1. The second kappa shape index (κ2) is 17.8. The number of halogens is 2. The fourth-order valence-electron chi connectivity index (χ4n) is 7.18. The van der Waals surface area contributed by atoms with Gasteiger partial charge >= 0.3 is 0 Å². The maximum atomic E-state index is 6.25. The van der Waals surface area contributed by atoms with E-state index in [1.54, 1.807) is 0 Å². The molecule has 2 heterocycles. The molecule has 3 aliphatic rings. The Bertz CT molecular complexity index is 1170. The minimum Gasteiger partial charge on any atom is -0.331 e. The molecule has 2 unspecified atom stereocenters. The van der Waals surface area contributed by atoms with Crippen molar-refractivity contribution < 1.29 is 0 Å². The van der Waals surface area contributed by atoms with Crippen molar-refractivity contribution in [2.75, 3.05) is 58.9 Å². The Hall–Kier alpha value is -1.96. The molecule has 5 rings (SSSR count). The lowest BCUT2D eigenvalue weighted by Crippen LogP contribution is -2.54. The number of nitrogens with one attached hydrogen (secondary N) is 1. The van der Waals surface area contributed by atoms with Gasteiger partial charge in [0.15, 0.2) is 0 Å². The number of nitrogens with zero attached hydrogens (tertiary/aromatic N) is 5. The quantitative estimate of drug-likeness (QED) is 0.198. The van der Waals surface area contributed by atoms with Crippen molar-refractivity contribution in [3.05, 3.63) is 69.7 Å². The summed E-state index contributed by atoms with van der Waals surface area (Å²) in [7, 11) is 0. The van der Waals surface area contributed by atoms with Crippen molar-refractivity contribution in [1.29, 1.82) is 0 Å². The molecule has 0 radical (unpaired) electrons. The number of piperazine rings is 1. The molecule has 2 aliphatic heterocycles. The summed E-state index contributed by atoms with van der Waals surface area (Å²) in [6.07, 6.45) is 11.2. The molecule has 0 aromatic heterocycles. The van der Waals surface area contributed by atoms with Crippen LogP contribution >= 0.6 is 23.2 Å². The average Bonchev–Trinajstić information content (AvgIpc) is 3.06. The van der Waals surface area contributed by atoms with E-state index < -0.39 is 0 Å². The highest BCUT2D eigenvalue weighted by molar-refractivity contribution is 6.30. The van der Waals surface area contributed by atoms with Crippen LogP contribution in [0.3, 0.4) is 0 Å². The summed E-state index contributed by atoms with van der Waals surface area (Å²) in [4.78, 5) is 18.3. The third kappa shape index (κ3) is 10.0. The molecule has 0 bridgehead atoms. The molecule has 1 saturated heterocycles. The molecule has 6 nitrogen and oxygen atoms in total. The van der Waals surface area contributed by atoms with E-state index in [2.05, 4.69) is 58.1 Å². The monoisotopic (exact) mass is 652 g/mol. The van der Waals surface area contributed by atoms with Gasteiger partial charge in [0.2, 0.25) is 0 Å². The Morgan fingerprint density at radius 2 is 1.40 bits per heavy atom. The minimum atomic E-state index is 0.174. The average molecular weight is 654 g/mol. The number of rotatable bonds is 15. The van der Waals surface area contributed by atoms with E-state index in [1.165, 1.54) is 81.4 Å². The van der Waals surface area contributed by atoms with Crippen LogP contribution < -0.4 is 5.32 Å². The fourth-order valence-corrected chi connectivity index (χ4v) is 7.44. The Labute approximate surface area is 282 Å². The van der Waals surface area contributed by atoms with Crippen LogP contribution in [-0.2, 0) is 0 Å². The van der Waals surface area contributed by atoms with Gasteiger partial charge in [-0.05, 0) is 87.1 Å². The highest BCUT2D eigenvalue weighted by Crippen LogP contribution is 2.32. The summed E-state index contributed by atoms with van der Waals surface area (Å²) in [5.41, 5.74) is 2.52. The Morgan fingerprint density at radius 3 is 2.00 bits per heavy atom. The van der Waals surface area contributed by atoms with Crippen LogP contribution in [0.15, 0.2) is 58.5 Å². The molecule has 0 amide bonds. The first-order chi connectivity index (χ1) is 22.0. The standard InChI is InChI=1S/C37H54Cl2N6/c1-3-5-21-43(22-6-4-2)23-9-20-40-37-33-10-7-8-11-34(33)41-35(42-37)28-44-24-26-45(27-25-44)36(29-12-16-31(38)17-13-29)30-14-18-32(39)19-15-30/h12-19,33-34,36H,3-11,20-28H2,1-2H3,(H,40,41,42). The molecule has 246 valence electrons. The summed E-state index contributed by atoms with van der Waals surface area (Å²) in [5.74, 6) is 2.79. The highest BCUT2D eigenvalue weighted by Gasteiger charge is 2.34. The van der Waals surface area contributed by atoms with E-state index in [0.29, 0.717) is 12.0 Å². The molecule has 2 atom stereocenters. The molecule has 2 aromatic carbocycles. The summed E-state index contributed by atoms with van der Waals surface area (Å²) in [5, 5.41) is 5.29. The van der Waals surface area contributed by atoms with Gasteiger partial charge in [-0.2, -0.15) is 0 Å². The lowest BCUT2D eigenvalue weighted by atomic mass is 9.83. The maximum Gasteiger partial charge on any atom is 0.116 e. The number of fused-ring (bicyclic) bond motifs is 1. The molecule has 1 saturated carbocycles. The van der Waals surface area contributed by atoms with Gasteiger partial charge in [0.1, 0.15) is 11.7 Å². The molecule has 0 spiro atoms. The van der Waals surface area contributed by atoms with Crippen LogP contribution in [0.1, 0.15) is 88.8 Å². The Kier molecular flexibility index (Phi) is 13.6. The first kappa shape index (κ1) is 34.4. The summed E-state index contributed by atoms with van der Waals surface area (Å²) in [6, 6.07) is 17.2. The summed E-state index contributed by atoms with van der Waals surface area (Å²) < 4.78 is 0. The summed E-state index contributed by atoms with van der Waals surface area (Å²) >= 11 is 12.5. The van der Waals surface area contributed by atoms with Crippen LogP contribution in [0.2, 0.25) is 10.0 Å². The second-order valence-corrected chi connectivity index (χ2v) is 14.0. The van der Waals surface area contributed by atoms with Gasteiger partial charge < -0.3 is 10.2 Å². The molecule has 1 aliphatic carbocycles. The fraction of sp³-hybridized carbons (Fsp3) is 0.622. The van der Waals surface area contributed by atoms with Crippen molar-refractivity contribution in [3.8, 4) is 0 Å². The zero-order valence-electron chi connectivity index (χ0n) is 27.6. The van der Waals surface area contributed by atoms with Crippen LogP contribution in [0, 0.1) is 5.92 Å². The zero-order chi connectivity index (χ0) is 31.4. The predicted octanol–water partition coefficient (Wildman–Crippen LogP) is 7.95. The van der Waals surface area contributed by atoms with Crippen LogP contribution in [0.25, 0.3) is 0 Å². The van der Waals surface area contributed by atoms with Gasteiger partial charge in [-0.15, -0.1) is 0 Å². The molecule has 8 heteroatoms. The lowest BCUT2D eigenvalue weighted by molar-refractivity contribution is 0.119. The molecule has 2 aromatic rings. The third-order valence-electron chi connectivity index (χ3n) is 9.76. The SMILES string of the molecule is CCCCN(CCCC)CCCN=C1NC(CN2CCN(C(c3ccc(Cl)cc3)c3ccc(Cl)cc3)CC2)=NC2CCCCC12.